The Morgan fingerprint density at radius 1 is 1.16 bits per heavy atom. The van der Waals surface area contributed by atoms with Crippen molar-refractivity contribution in [2.75, 3.05) is 11.9 Å². The summed E-state index contributed by atoms with van der Waals surface area (Å²) in [6, 6.07) is 20.4. The van der Waals surface area contributed by atoms with Gasteiger partial charge < -0.3 is 20.0 Å². The first-order valence-electron chi connectivity index (χ1n) is 11.8. The lowest BCUT2D eigenvalue weighted by atomic mass is 10.0. The van der Waals surface area contributed by atoms with Gasteiger partial charge >= 0.3 is 0 Å². The molecule has 1 aliphatic rings. The minimum atomic E-state index is -0.361. The van der Waals surface area contributed by atoms with Crippen molar-refractivity contribution < 1.29 is 13.6 Å². The van der Waals surface area contributed by atoms with E-state index in [4.69, 9.17) is 28.2 Å². The fraction of sp³-hybridized carbons (Fsp3) is 0.179. The van der Waals surface area contributed by atoms with Gasteiger partial charge in [-0.1, -0.05) is 29.8 Å². The number of halogens is 2. The fourth-order valence-corrected chi connectivity index (χ4v) is 4.86. The topological polar surface area (TPSA) is 70.4 Å². The Balaban J connectivity index is 1.40. The molecular weight excluding hydrogens is 511 g/mol. The Labute approximate surface area is 224 Å². The summed E-state index contributed by atoms with van der Waals surface area (Å²) in [5, 5.41) is 7.32. The molecule has 0 unspecified atom stereocenters. The highest BCUT2D eigenvalue weighted by Gasteiger charge is 2.41. The summed E-state index contributed by atoms with van der Waals surface area (Å²) in [6.07, 6.45) is 1.91. The number of pyridine rings is 1. The third kappa shape index (κ3) is 5.50. The number of carbonyl (C=O) groups excluding carboxylic acids is 1. The molecule has 2 atom stereocenters. The van der Waals surface area contributed by atoms with Gasteiger partial charge in [0.25, 0.3) is 0 Å². The van der Waals surface area contributed by atoms with Crippen molar-refractivity contribution in [3.05, 3.63) is 107 Å². The number of hydrogen-bond donors (Lipinski definition) is 2. The van der Waals surface area contributed by atoms with Crippen molar-refractivity contribution in [3.63, 3.8) is 0 Å². The number of anilines is 1. The third-order valence-electron chi connectivity index (χ3n) is 6.28. The molecular formula is C28H24ClFN4O2S. The van der Waals surface area contributed by atoms with E-state index in [1.807, 2.05) is 60.4 Å². The van der Waals surface area contributed by atoms with Gasteiger partial charge in [0.15, 0.2) is 5.11 Å². The minimum absolute atomic E-state index is 0.172. The van der Waals surface area contributed by atoms with Crippen LogP contribution in [0.4, 0.5) is 10.1 Å². The van der Waals surface area contributed by atoms with Crippen LogP contribution >= 0.6 is 23.8 Å². The summed E-state index contributed by atoms with van der Waals surface area (Å²) < 4.78 is 19.5. The first-order valence-corrected chi connectivity index (χ1v) is 12.6. The lowest BCUT2D eigenvalue weighted by molar-refractivity contribution is -0.116. The van der Waals surface area contributed by atoms with E-state index >= 15 is 0 Å². The number of aryl methyl sites for hydroxylation is 1. The molecule has 0 radical (unpaired) electrons. The van der Waals surface area contributed by atoms with Crippen molar-refractivity contribution in [2.45, 2.75) is 25.4 Å². The number of thiocarbonyl (C=S) groups is 1. The summed E-state index contributed by atoms with van der Waals surface area (Å²) in [7, 11) is 0. The van der Waals surface area contributed by atoms with Gasteiger partial charge in [0.1, 0.15) is 23.4 Å². The molecule has 0 bridgehead atoms. The lowest BCUT2D eigenvalue weighted by Crippen LogP contribution is -2.32. The van der Waals surface area contributed by atoms with Gasteiger partial charge in [0.05, 0.1) is 11.7 Å². The number of rotatable bonds is 7. The van der Waals surface area contributed by atoms with Crippen LogP contribution in [0.2, 0.25) is 5.02 Å². The molecule has 9 heteroatoms. The maximum atomic E-state index is 13.2. The molecule has 2 N–H and O–H groups in total. The van der Waals surface area contributed by atoms with Crippen LogP contribution in [-0.2, 0) is 4.79 Å². The Hall–Kier alpha value is -3.75. The van der Waals surface area contributed by atoms with Crippen LogP contribution in [0.3, 0.4) is 0 Å². The van der Waals surface area contributed by atoms with Crippen molar-refractivity contribution in [1.29, 1.82) is 0 Å². The van der Waals surface area contributed by atoms with Crippen LogP contribution in [0.5, 0.6) is 0 Å². The van der Waals surface area contributed by atoms with E-state index in [1.54, 1.807) is 6.20 Å². The second kappa shape index (κ2) is 10.7. The van der Waals surface area contributed by atoms with Crippen LogP contribution < -0.4 is 10.6 Å². The summed E-state index contributed by atoms with van der Waals surface area (Å²) in [5.74, 6) is 0.807. The molecule has 4 aromatic rings. The Morgan fingerprint density at radius 2 is 1.97 bits per heavy atom. The SMILES string of the molecule is Cc1ccc(-c2ccc([C@H]3[C@@H](c4ccccn4)NC(=S)N3CCC(=O)Nc3ccc(F)cc3)o2)cc1Cl. The van der Waals surface area contributed by atoms with Crippen LogP contribution in [-0.4, -0.2) is 27.4 Å². The van der Waals surface area contributed by atoms with Crippen LogP contribution in [0, 0.1) is 12.7 Å². The quantitative estimate of drug-likeness (QED) is 0.266. The molecule has 0 spiro atoms. The van der Waals surface area contributed by atoms with Crippen molar-refractivity contribution in [2.24, 2.45) is 0 Å². The lowest BCUT2D eigenvalue weighted by Gasteiger charge is -2.25. The van der Waals surface area contributed by atoms with E-state index in [9.17, 15) is 9.18 Å². The first kappa shape index (κ1) is 24.9. The zero-order valence-corrected chi connectivity index (χ0v) is 21.5. The molecule has 6 nitrogen and oxygen atoms in total. The maximum absolute atomic E-state index is 13.2. The zero-order chi connectivity index (χ0) is 25.9. The molecule has 1 fully saturated rings. The number of benzene rings is 2. The molecule has 3 heterocycles. The van der Waals surface area contributed by atoms with E-state index < -0.39 is 0 Å². The van der Waals surface area contributed by atoms with Gasteiger partial charge in [0, 0.05) is 35.4 Å². The second-order valence-corrected chi connectivity index (χ2v) is 9.58. The molecule has 1 saturated heterocycles. The van der Waals surface area contributed by atoms with E-state index in [-0.39, 0.29) is 30.2 Å². The van der Waals surface area contributed by atoms with Gasteiger partial charge in [-0.05, 0) is 79.3 Å². The largest absolute Gasteiger partial charge is 0.459 e. The Kier molecular flexibility index (Phi) is 7.21. The average Bonchev–Trinajstić information content (AvgIpc) is 3.51. The number of amides is 1. The molecule has 2 aromatic carbocycles. The number of hydrogen-bond acceptors (Lipinski definition) is 4. The molecule has 0 saturated carbocycles. The van der Waals surface area contributed by atoms with E-state index in [0.717, 1.165) is 16.8 Å². The first-order chi connectivity index (χ1) is 17.9. The average molecular weight is 535 g/mol. The summed E-state index contributed by atoms with van der Waals surface area (Å²) in [4.78, 5) is 19.1. The predicted octanol–water partition coefficient (Wildman–Crippen LogP) is 6.44. The van der Waals surface area contributed by atoms with Gasteiger partial charge in [-0.15, -0.1) is 0 Å². The monoisotopic (exact) mass is 534 g/mol. The fourth-order valence-electron chi connectivity index (χ4n) is 4.35. The normalized spacial score (nSPS) is 17.1. The van der Waals surface area contributed by atoms with Crippen LogP contribution in [0.25, 0.3) is 11.3 Å². The van der Waals surface area contributed by atoms with E-state index in [2.05, 4.69) is 15.6 Å². The summed E-state index contributed by atoms with van der Waals surface area (Å²) in [5.41, 5.74) is 3.20. The van der Waals surface area contributed by atoms with Gasteiger partial charge in [-0.25, -0.2) is 4.39 Å². The highest BCUT2D eigenvalue weighted by molar-refractivity contribution is 7.80. The Morgan fingerprint density at radius 3 is 2.70 bits per heavy atom. The Bertz CT molecular complexity index is 1430. The molecule has 2 aromatic heterocycles. The zero-order valence-electron chi connectivity index (χ0n) is 19.9. The van der Waals surface area contributed by atoms with Gasteiger partial charge in [-0.3, -0.25) is 9.78 Å². The van der Waals surface area contributed by atoms with Crippen molar-refractivity contribution in [3.8, 4) is 11.3 Å². The molecule has 1 aliphatic heterocycles. The number of nitrogens with zero attached hydrogens (tertiary/aromatic N) is 2. The number of aromatic nitrogens is 1. The van der Waals surface area contributed by atoms with Crippen LogP contribution in [0.1, 0.15) is 35.5 Å². The molecule has 37 heavy (non-hydrogen) atoms. The number of nitrogens with one attached hydrogen (secondary N) is 2. The summed E-state index contributed by atoms with van der Waals surface area (Å²) >= 11 is 12.0. The van der Waals surface area contributed by atoms with Crippen molar-refractivity contribution in [1.82, 2.24) is 15.2 Å². The smallest absolute Gasteiger partial charge is 0.226 e. The standard InChI is InChI=1S/C28H24ClFN4O2S/c1-17-5-6-18(16-21(17)29)23-11-12-24(36-23)27-26(22-4-2-3-14-31-22)33-28(37)34(27)15-13-25(35)32-20-9-7-19(30)8-10-20/h2-12,14,16,26-27H,13,15H2,1H3,(H,32,35)(H,33,37)/t26-,27+/m1/s1. The van der Waals surface area contributed by atoms with Gasteiger partial charge in [0.2, 0.25) is 5.91 Å². The molecule has 1 amide bonds. The maximum Gasteiger partial charge on any atom is 0.226 e. The third-order valence-corrected chi connectivity index (χ3v) is 7.04. The van der Waals surface area contributed by atoms with Gasteiger partial charge in [-0.2, -0.15) is 0 Å². The highest BCUT2D eigenvalue weighted by Crippen LogP contribution is 2.40. The molecule has 5 rings (SSSR count). The second-order valence-electron chi connectivity index (χ2n) is 8.79. The number of furan rings is 1. The predicted molar refractivity (Wildman–Crippen MR) is 146 cm³/mol. The number of carbonyl (C=O) groups is 1. The summed E-state index contributed by atoms with van der Waals surface area (Å²) in [6.45, 7) is 2.30. The van der Waals surface area contributed by atoms with E-state index in [0.29, 0.717) is 33.9 Å². The highest BCUT2D eigenvalue weighted by atomic mass is 35.5. The van der Waals surface area contributed by atoms with Crippen molar-refractivity contribution >= 4 is 40.5 Å². The minimum Gasteiger partial charge on any atom is -0.459 e. The molecule has 0 aliphatic carbocycles. The van der Waals surface area contributed by atoms with Crippen LogP contribution in [0.15, 0.2) is 83.4 Å². The van der Waals surface area contributed by atoms with E-state index in [1.165, 1.54) is 24.3 Å². The molecule has 188 valence electrons.